The topological polar surface area (TPSA) is 95.3 Å². The van der Waals surface area contributed by atoms with Crippen molar-refractivity contribution in [3.8, 4) is 0 Å². The Bertz CT molecular complexity index is 889. The van der Waals surface area contributed by atoms with Crippen molar-refractivity contribution in [1.82, 2.24) is 20.1 Å². The van der Waals surface area contributed by atoms with Crippen molar-refractivity contribution >= 4 is 28.8 Å². The Labute approximate surface area is 154 Å². The van der Waals surface area contributed by atoms with E-state index in [9.17, 15) is 9.90 Å². The van der Waals surface area contributed by atoms with Crippen LogP contribution < -0.4 is 0 Å². The molecule has 7 nitrogen and oxygen atoms in total. The Morgan fingerprint density at radius 2 is 2.31 bits per heavy atom. The fraction of sp³-hybridized carbons (Fsp3) is 0.389. The molecular formula is C18H20N4O3S. The van der Waals surface area contributed by atoms with E-state index in [1.165, 1.54) is 11.8 Å². The van der Waals surface area contributed by atoms with Crippen LogP contribution in [-0.4, -0.2) is 42.9 Å². The van der Waals surface area contributed by atoms with E-state index in [-0.39, 0.29) is 17.8 Å². The van der Waals surface area contributed by atoms with Gasteiger partial charge in [0, 0.05) is 30.8 Å². The summed E-state index contributed by atoms with van der Waals surface area (Å²) in [5, 5.41) is 16.8. The summed E-state index contributed by atoms with van der Waals surface area (Å²) in [5.74, 6) is 0.0653. The van der Waals surface area contributed by atoms with Gasteiger partial charge in [-0.25, -0.2) is 4.98 Å². The van der Waals surface area contributed by atoms with Gasteiger partial charge >= 0.3 is 0 Å². The molecule has 0 saturated heterocycles. The summed E-state index contributed by atoms with van der Waals surface area (Å²) in [6.07, 6.45) is 1.40. The molecule has 0 unspecified atom stereocenters. The molecule has 1 aliphatic rings. The number of aliphatic hydroxyl groups is 1. The van der Waals surface area contributed by atoms with E-state index in [1.807, 2.05) is 36.1 Å². The maximum Gasteiger partial charge on any atom is 0.257 e. The highest BCUT2D eigenvalue weighted by Crippen LogP contribution is 2.30. The van der Waals surface area contributed by atoms with E-state index < -0.39 is 0 Å². The smallest absolute Gasteiger partial charge is 0.257 e. The highest BCUT2D eigenvalue weighted by atomic mass is 32.2. The van der Waals surface area contributed by atoms with Crippen molar-refractivity contribution in [2.75, 3.05) is 6.54 Å². The number of nitrogens with zero attached hydrogens (tertiary/aromatic N) is 3. The average molecular weight is 372 g/mol. The number of rotatable bonds is 5. The van der Waals surface area contributed by atoms with Gasteiger partial charge in [-0.2, -0.15) is 5.10 Å². The minimum Gasteiger partial charge on any atom is -0.431 e. The van der Waals surface area contributed by atoms with Gasteiger partial charge in [-0.15, -0.1) is 0 Å². The van der Waals surface area contributed by atoms with E-state index in [1.54, 1.807) is 0 Å². The number of para-hydroxylation sites is 2. The number of benzene rings is 1. The van der Waals surface area contributed by atoms with Crippen molar-refractivity contribution < 1.29 is 14.3 Å². The van der Waals surface area contributed by atoms with Gasteiger partial charge in [0.25, 0.3) is 5.22 Å². The molecule has 26 heavy (non-hydrogen) atoms. The highest BCUT2D eigenvalue weighted by molar-refractivity contribution is 8.00. The maximum absolute atomic E-state index is 13.0. The lowest BCUT2D eigenvalue weighted by molar-refractivity contribution is -0.131. The lowest BCUT2D eigenvalue weighted by atomic mass is 10.0. The number of carbonyl (C=O) groups excluding carboxylic acids is 1. The second-order valence-corrected chi connectivity index (χ2v) is 7.41. The summed E-state index contributed by atoms with van der Waals surface area (Å²) in [6.45, 7) is 2.99. The number of hydrogen-bond donors (Lipinski definition) is 2. The molecule has 8 heteroatoms. The Balaban J connectivity index is 1.50. The summed E-state index contributed by atoms with van der Waals surface area (Å²) >= 11 is 1.37. The zero-order valence-electron chi connectivity index (χ0n) is 14.4. The lowest BCUT2D eigenvalue weighted by Gasteiger charge is -2.29. The Morgan fingerprint density at radius 3 is 3.08 bits per heavy atom. The molecule has 1 aliphatic heterocycles. The van der Waals surface area contributed by atoms with Gasteiger partial charge in [-0.05, 0) is 18.6 Å². The largest absolute Gasteiger partial charge is 0.431 e. The molecule has 0 bridgehead atoms. The second kappa shape index (κ2) is 7.13. The van der Waals surface area contributed by atoms with Crippen LogP contribution in [0.15, 0.2) is 33.9 Å². The van der Waals surface area contributed by atoms with Crippen LogP contribution in [-0.2, 0) is 24.4 Å². The predicted octanol–water partition coefficient (Wildman–Crippen LogP) is 2.50. The summed E-state index contributed by atoms with van der Waals surface area (Å²) in [5.41, 5.74) is 4.10. The zero-order valence-corrected chi connectivity index (χ0v) is 15.3. The van der Waals surface area contributed by atoms with Crippen molar-refractivity contribution in [2.45, 2.75) is 43.4 Å². The third-order valence-corrected chi connectivity index (χ3v) is 5.84. The molecule has 2 N–H and O–H groups in total. The predicted molar refractivity (Wildman–Crippen MR) is 97.6 cm³/mol. The van der Waals surface area contributed by atoms with Gasteiger partial charge in [0.05, 0.1) is 17.6 Å². The SMILES string of the molecule is CC[C@H](Sc1nc2ccccc2o1)C(=O)N1CCc2[nH]nc(CO)c2C1. The number of oxazole rings is 1. The maximum atomic E-state index is 13.0. The lowest BCUT2D eigenvalue weighted by Crippen LogP contribution is -2.41. The van der Waals surface area contributed by atoms with Crippen LogP contribution in [0, 0.1) is 0 Å². The molecule has 0 fully saturated rings. The van der Waals surface area contributed by atoms with Crippen molar-refractivity contribution in [2.24, 2.45) is 0 Å². The molecular weight excluding hydrogens is 352 g/mol. The molecule has 0 spiro atoms. The minimum atomic E-state index is -0.255. The third kappa shape index (κ3) is 3.10. The van der Waals surface area contributed by atoms with Crippen LogP contribution in [0.3, 0.4) is 0 Å². The molecule has 1 aromatic carbocycles. The standard InChI is InChI=1S/C18H20N4O3S/c1-2-16(26-18-19-13-5-3-4-6-15(13)25-18)17(24)22-8-7-12-11(9-22)14(10-23)21-20-12/h3-6,16,23H,2,7-10H2,1H3,(H,20,21)/t16-/m0/s1. The Hall–Kier alpha value is -2.32. The van der Waals surface area contributed by atoms with Crippen LogP contribution in [0.4, 0.5) is 0 Å². The van der Waals surface area contributed by atoms with Crippen LogP contribution in [0.5, 0.6) is 0 Å². The first kappa shape index (κ1) is 17.1. The number of aromatic nitrogens is 3. The average Bonchev–Trinajstić information content (AvgIpc) is 3.27. The summed E-state index contributed by atoms with van der Waals surface area (Å²) in [6, 6.07) is 7.58. The van der Waals surface area contributed by atoms with Crippen LogP contribution >= 0.6 is 11.8 Å². The quantitative estimate of drug-likeness (QED) is 0.668. The van der Waals surface area contributed by atoms with E-state index >= 15 is 0 Å². The van der Waals surface area contributed by atoms with Crippen LogP contribution in [0.25, 0.3) is 11.1 Å². The number of carbonyl (C=O) groups is 1. The van der Waals surface area contributed by atoms with Gasteiger partial charge in [0.1, 0.15) is 5.52 Å². The molecule has 136 valence electrons. The molecule has 4 rings (SSSR count). The normalized spacial score (nSPS) is 15.2. The van der Waals surface area contributed by atoms with Crippen molar-refractivity contribution in [3.05, 3.63) is 41.2 Å². The summed E-state index contributed by atoms with van der Waals surface area (Å²) in [7, 11) is 0. The second-order valence-electron chi connectivity index (χ2n) is 6.26. The van der Waals surface area contributed by atoms with E-state index in [4.69, 9.17) is 4.42 Å². The fourth-order valence-corrected chi connectivity index (χ4v) is 4.16. The highest BCUT2D eigenvalue weighted by Gasteiger charge is 2.30. The number of hydrogen-bond acceptors (Lipinski definition) is 6. The number of amides is 1. The Kier molecular flexibility index (Phi) is 4.69. The van der Waals surface area contributed by atoms with E-state index in [2.05, 4.69) is 15.2 Å². The van der Waals surface area contributed by atoms with Gasteiger partial charge in [-0.3, -0.25) is 9.89 Å². The number of nitrogens with one attached hydrogen (secondary N) is 1. The molecule has 0 saturated carbocycles. The molecule has 0 aliphatic carbocycles. The summed E-state index contributed by atoms with van der Waals surface area (Å²) in [4.78, 5) is 19.3. The van der Waals surface area contributed by atoms with Gasteiger partial charge in [0.2, 0.25) is 5.91 Å². The number of aromatic amines is 1. The van der Waals surface area contributed by atoms with Crippen molar-refractivity contribution in [1.29, 1.82) is 0 Å². The monoisotopic (exact) mass is 372 g/mol. The van der Waals surface area contributed by atoms with Crippen LogP contribution in [0.2, 0.25) is 0 Å². The number of fused-ring (bicyclic) bond motifs is 2. The molecule has 3 heterocycles. The number of H-pyrrole nitrogens is 1. The minimum absolute atomic E-state index is 0.0653. The van der Waals surface area contributed by atoms with Gasteiger partial charge in [0.15, 0.2) is 5.58 Å². The Morgan fingerprint density at radius 1 is 1.46 bits per heavy atom. The molecule has 2 aromatic heterocycles. The first-order chi connectivity index (χ1) is 12.7. The van der Waals surface area contributed by atoms with Crippen LogP contribution in [0.1, 0.15) is 30.3 Å². The molecule has 1 amide bonds. The molecule has 0 radical (unpaired) electrons. The summed E-state index contributed by atoms with van der Waals surface area (Å²) < 4.78 is 5.75. The number of aliphatic hydroxyl groups excluding tert-OH is 1. The van der Waals surface area contributed by atoms with Gasteiger partial charge < -0.3 is 14.4 Å². The van der Waals surface area contributed by atoms with E-state index in [0.717, 1.165) is 28.8 Å². The first-order valence-corrected chi connectivity index (χ1v) is 9.54. The number of thioether (sulfide) groups is 1. The first-order valence-electron chi connectivity index (χ1n) is 8.66. The van der Waals surface area contributed by atoms with Crippen molar-refractivity contribution in [3.63, 3.8) is 0 Å². The van der Waals surface area contributed by atoms with Gasteiger partial charge in [-0.1, -0.05) is 30.8 Å². The fourth-order valence-electron chi connectivity index (χ4n) is 3.21. The molecule has 1 atom stereocenters. The molecule has 3 aromatic rings. The van der Waals surface area contributed by atoms with E-state index in [0.29, 0.717) is 30.4 Å². The third-order valence-electron chi connectivity index (χ3n) is 4.64. The zero-order chi connectivity index (χ0) is 18.1.